The second-order valence-electron chi connectivity index (χ2n) is 7.67. The molecule has 2 atom stereocenters. The van der Waals surface area contributed by atoms with Gasteiger partial charge in [-0.15, -0.1) is 0 Å². The van der Waals surface area contributed by atoms with Crippen LogP contribution in [-0.4, -0.2) is 41.4 Å². The van der Waals surface area contributed by atoms with Gasteiger partial charge in [-0.05, 0) is 50.4 Å². The molecule has 1 aliphatic heterocycles. The number of nitrogens with one attached hydrogen (secondary N) is 1. The van der Waals surface area contributed by atoms with Gasteiger partial charge < -0.3 is 10.1 Å². The van der Waals surface area contributed by atoms with Crippen molar-refractivity contribution in [2.45, 2.75) is 32.7 Å². The van der Waals surface area contributed by atoms with Crippen LogP contribution in [0.3, 0.4) is 0 Å². The number of carbonyl (C=O) groups is 2. The molecule has 0 aliphatic carbocycles. The molecule has 8 nitrogen and oxygen atoms in total. The van der Waals surface area contributed by atoms with Crippen molar-refractivity contribution in [2.24, 2.45) is 5.92 Å². The van der Waals surface area contributed by atoms with Crippen molar-refractivity contribution in [3.63, 3.8) is 0 Å². The van der Waals surface area contributed by atoms with Crippen molar-refractivity contribution in [2.75, 3.05) is 25.0 Å². The predicted molar refractivity (Wildman–Crippen MR) is 117 cm³/mol. The van der Waals surface area contributed by atoms with Crippen LogP contribution in [0.1, 0.15) is 36.9 Å². The molecule has 2 aromatic carbocycles. The highest BCUT2D eigenvalue weighted by molar-refractivity contribution is 5.97. The summed E-state index contributed by atoms with van der Waals surface area (Å²) in [6, 6.07) is 13.3. The van der Waals surface area contributed by atoms with E-state index in [1.807, 2.05) is 35.2 Å². The molecule has 0 aromatic heterocycles. The van der Waals surface area contributed by atoms with Gasteiger partial charge in [-0.25, -0.2) is 0 Å². The maximum Gasteiger partial charge on any atom is 0.310 e. The first-order valence-corrected chi connectivity index (χ1v) is 10.4. The smallest absolute Gasteiger partial charge is 0.310 e. The van der Waals surface area contributed by atoms with E-state index >= 15 is 0 Å². The van der Waals surface area contributed by atoms with E-state index in [0.717, 1.165) is 17.5 Å². The molecular formula is C23H27N3O5. The van der Waals surface area contributed by atoms with Crippen LogP contribution in [0.4, 0.5) is 11.4 Å². The van der Waals surface area contributed by atoms with Crippen molar-refractivity contribution in [3.05, 3.63) is 69.8 Å². The molecule has 0 spiro atoms. The summed E-state index contributed by atoms with van der Waals surface area (Å²) in [4.78, 5) is 38.6. The molecular weight excluding hydrogens is 398 g/mol. The largest absolute Gasteiger partial charge is 0.466 e. The lowest BCUT2D eigenvalue weighted by molar-refractivity contribution is -0.384. The van der Waals surface area contributed by atoms with Crippen molar-refractivity contribution in [3.8, 4) is 0 Å². The van der Waals surface area contributed by atoms with Crippen LogP contribution in [0.25, 0.3) is 0 Å². The molecule has 0 bridgehead atoms. The first kappa shape index (κ1) is 22.4. The number of carbonyl (C=O) groups excluding carboxylic acids is 2. The summed E-state index contributed by atoms with van der Waals surface area (Å²) < 4.78 is 5.18. The Morgan fingerprint density at radius 2 is 2.00 bits per heavy atom. The van der Waals surface area contributed by atoms with Crippen LogP contribution in [-0.2, 0) is 14.3 Å². The Hall–Kier alpha value is -3.26. The van der Waals surface area contributed by atoms with Crippen LogP contribution in [0.15, 0.2) is 48.5 Å². The molecule has 3 rings (SSSR count). The molecule has 31 heavy (non-hydrogen) atoms. The van der Waals surface area contributed by atoms with E-state index in [1.54, 1.807) is 26.0 Å². The van der Waals surface area contributed by atoms with E-state index in [0.29, 0.717) is 26.1 Å². The van der Waals surface area contributed by atoms with Crippen LogP contribution in [0, 0.1) is 23.0 Å². The van der Waals surface area contributed by atoms with Gasteiger partial charge in [0.1, 0.15) is 11.7 Å². The lowest BCUT2D eigenvalue weighted by Gasteiger charge is -2.36. The summed E-state index contributed by atoms with van der Waals surface area (Å²) in [5.74, 6) is -0.933. The third kappa shape index (κ3) is 5.46. The van der Waals surface area contributed by atoms with Crippen LogP contribution < -0.4 is 5.32 Å². The normalized spacial score (nSPS) is 17.5. The zero-order valence-corrected chi connectivity index (χ0v) is 17.7. The lowest BCUT2D eigenvalue weighted by atomic mass is 9.94. The van der Waals surface area contributed by atoms with Crippen LogP contribution >= 0.6 is 0 Å². The number of esters is 1. The number of benzene rings is 2. The molecule has 1 amide bonds. The Bertz CT molecular complexity index is 947. The Balaban J connectivity index is 1.89. The zero-order chi connectivity index (χ0) is 22.4. The first-order valence-electron chi connectivity index (χ1n) is 10.4. The van der Waals surface area contributed by atoms with Crippen molar-refractivity contribution in [1.82, 2.24) is 4.90 Å². The molecule has 1 heterocycles. The average molecular weight is 425 g/mol. The molecule has 1 aliphatic rings. The number of nitrogens with zero attached hydrogens (tertiary/aromatic N) is 2. The third-order valence-corrected chi connectivity index (χ3v) is 5.41. The SMILES string of the molecule is CCOC(=O)[C@@H]1CCCN([C@H](C(=O)Nc2ccc(C)cc2[N+](=O)[O-])c2ccccc2)C1. The van der Waals surface area contributed by atoms with Crippen LogP contribution in [0.2, 0.25) is 0 Å². The summed E-state index contributed by atoms with van der Waals surface area (Å²) in [5.41, 5.74) is 1.50. The Morgan fingerprint density at radius 3 is 2.68 bits per heavy atom. The Labute approximate surface area is 181 Å². The highest BCUT2D eigenvalue weighted by Crippen LogP contribution is 2.31. The average Bonchev–Trinajstić information content (AvgIpc) is 2.76. The Morgan fingerprint density at radius 1 is 1.26 bits per heavy atom. The Kier molecular flexibility index (Phi) is 7.36. The van der Waals surface area contributed by atoms with Crippen molar-refractivity contribution in [1.29, 1.82) is 0 Å². The summed E-state index contributed by atoms with van der Waals surface area (Å²) in [7, 11) is 0. The molecule has 0 unspecified atom stereocenters. The van der Waals surface area contributed by atoms with Crippen molar-refractivity contribution >= 4 is 23.3 Å². The van der Waals surface area contributed by atoms with E-state index in [2.05, 4.69) is 5.32 Å². The number of hydrogen-bond donors (Lipinski definition) is 1. The summed E-state index contributed by atoms with van der Waals surface area (Å²) in [6.07, 6.45) is 1.46. The fourth-order valence-corrected chi connectivity index (χ4v) is 3.96. The van der Waals surface area contributed by atoms with Gasteiger partial charge in [-0.1, -0.05) is 36.4 Å². The van der Waals surface area contributed by atoms with Gasteiger partial charge in [0.05, 0.1) is 17.4 Å². The van der Waals surface area contributed by atoms with Crippen molar-refractivity contribution < 1.29 is 19.2 Å². The summed E-state index contributed by atoms with van der Waals surface area (Å²) in [6.45, 7) is 4.87. The number of nitro groups is 1. The summed E-state index contributed by atoms with van der Waals surface area (Å²) in [5, 5.41) is 14.2. The number of rotatable bonds is 7. The highest BCUT2D eigenvalue weighted by atomic mass is 16.6. The van der Waals surface area contributed by atoms with Gasteiger partial charge in [0.25, 0.3) is 5.69 Å². The quantitative estimate of drug-likeness (QED) is 0.411. The molecule has 1 fully saturated rings. The number of nitro benzene ring substituents is 1. The minimum atomic E-state index is -0.681. The number of hydrogen-bond acceptors (Lipinski definition) is 6. The fourth-order valence-electron chi connectivity index (χ4n) is 3.96. The molecule has 1 N–H and O–H groups in total. The van der Waals surface area contributed by atoms with E-state index in [4.69, 9.17) is 4.74 Å². The van der Waals surface area contributed by atoms with E-state index < -0.39 is 11.0 Å². The predicted octanol–water partition coefficient (Wildman–Crippen LogP) is 3.86. The van der Waals surface area contributed by atoms with Gasteiger partial charge >= 0.3 is 5.97 Å². The number of likely N-dealkylation sites (tertiary alicyclic amines) is 1. The van der Waals surface area contributed by atoms with Gasteiger partial charge in [0.15, 0.2) is 0 Å². The highest BCUT2D eigenvalue weighted by Gasteiger charge is 2.35. The molecule has 1 saturated heterocycles. The monoisotopic (exact) mass is 425 g/mol. The third-order valence-electron chi connectivity index (χ3n) is 5.41. The maximum atomic E-state index is 13.4. The molecule has 0 saturated carbocycles. The lowest BCUT2D eigenvalue weighted by Crippen LogP contribution is -2.45. The fraction of sp³-hybridized carbons (Fsp3) is 0.391. The molecule has 8 heteroatoms. The maximum absolute atomic E-state index is 13.4. The topological polar surface area (TPSA) is 102 Å². The standard InChI is InChI=1S/C23H27N3O5/c1-3-31-23(28)18-10-7-13-25(15-18)21(17-8-5-4-6-9-17)22(27)24-19-12-11-16(2)14-20(19)26(29)30/h4-6,8-9,11-12,14,18,21H,3,7,10,13,15H2,1-2H3,(H,24,27)/t18-,21+/m1/s1. The molecule has 0 radical (unpaired) electrons. The number of aryl methyl sites for hydroxylation is 1. The number of anilines is 1. The van der Waals surface area contributed by atoms with E-state index in [1.165, 1.54) is 6.07 Å². The van der Waals surface area contributed by atoms with Gasteiger partial charge in [0.2, 0.25) is 5.91 Å². The van der Waals surface area contributed by atoms with Gasteiger partial charge in [-0.3, -0.25) is 24.6 Å². The minimum absolute atomic E-state index is 0.150. The number of piperidine rings is 1. The number of amides is 1. The first-order chi connectivity index (χ1) is 14.9. The van der Waals surface area contributed by atoms with E-state index in [-0.39, 0.29) is 29.2 Å². The second kappa shape index (κ2) is 10.2. The minimum Gasteiger partial charge on any atom is -0.466 e. The van der Waals surface area contributed by atoms with Gasteiger partial charge in [-0.2, -0.15) is 0 Å². The zero-order valence-electron chi connectivity index (χ0n) is 17.7. The van der Waals surface area contributed by atoms with Crippen LogP contribution in [0.5, 0.6) is 0 Å². The van der Waals surface area contributed by atoms with Gasteiger partial charge in [0, 0.05) is 12.6 Å². The summed E-state index contributed by atoms with van der Waals surface area (Å²) >= 11 is 0. The van der Waals surface area contributed by atoms with E-state index in [9.17, 15) is 19.7 Å². The second-order valence-corrected chi connectivity index (χ2v) is 7.67. The molecule has 2 aromatic rings. The molecule has 164 valence electrons. The number of ether oxygens (including phenoxy) is 1.